The lowest BCUT2D eigenvalue weighted by molar-refractivity contribution is 0.199. The monoisotopic (exact) mass is 355 g/mol. The van der Waals surface area contributed by atoms with Crippen LogP contribution in [0.3, 0.4) is 0 Å². The van der Waals surface area contributed by atoms with Crippen LogP contribution in [0.15, 0.2) is 22.7 Å². The Bertz CT molecular complexity index is 442. The fraction of sp³-hybridized carbons (Fsp3) is 0.625. The summed E-state index contributed by atoms with van der Waals surface area (Å²) < 4.78 is 6.23. The van der Waals surface area contributed by atoms with E-state index in [1.807, 2.05) is 0 Å². The van der Waals surface area contributed by atoms with Gasteiger partial charge in [-0.05, 0) is 37.7 Å². The van der Waals surface area contributed by atoms with Crippen molar-refractivity contribution in [1.29, 1.82) is 0 Å². The maximum atomic E-state index is 5.04. The van der Waals surface area contributed by atoms with Crippen LogP contribution < -0.4 is 10.2 Å². The Hall–Kier alpha value is -0.620. The molecular formula is C16H26BrN3O. The average Bonchev–Trinajstić information content (AvgIpc) is 2.70. The summed E-state index contributed by atoms with van der Waals surface area (Å²) in [5.74, 6) is 0. The highest BCUT2D eigenvalue weighted by Gasteiger charge is 2.13. The van der Waals surface area contributed by atoms with Crippen molar-refractivity contribution >= 4 is 21.6 Å². The number of halogens is 1. The van der Waals surface area contributed by atoms with Crippen LogP contribution in [0.5, 0.6) is 0 Å². The van der Waals surface area contributed by atoms with Gasteiger partial charge in [0.25, 0.3) is 0 Å². The first-order valence-corrected chi connectivity index (χ1v) is 8.41. The third-order valence-electron chi connectivity index (χ3n) is 3.92. The molecule has 1 heterocycles. The topological polar surface area (TPSA) is 27.7 Å². The first kappa shape index (κ1) is 16.7. The molecule has 1 N–H and O–H groups in total. The van der Waals surface area contributed by atoms with Crippen LogP contribution in [0.2, 0.25) is 0 Å². The van der Waals surface area contributed by atoms with Gasteiger partial charge < -0.3 is 19.9 Å². The molecule has 1 fully saturated rings. The van der Waals surface area contributed by atoms with E-state index < -0.39 is 0 Å². The molecule has 1 aromatic carbocycles. The van der Waals surface area contributed by atoms with Crippen molar-refractivity contribution in [3.8, 4) is 0 Å². The summed E-state index contributed by atoms with van der Waals surface area (Å²) in [6.45, 7) is 7.07. The minimum atomic E-state index is 0.747. The molecule has 118 valence electrons. The zero-order valence-corrected chi connectivity index (χ0v) is 14.7. The molecule has 4 nitrogen and oxygen atoms in total. The van der Waals surface area contributed by atoms with E-state index in [4.69, 9.17) is 4.74 Å². The highest BCUT2D eigenvalue weighted by molar-refractivity contribution is 9.10. The Morgan fingerprint density at radius 2 is 2.10 bits per heavy atom. The van der Waals surface area contributed by atoms with E-state index in [0.29, 0.717) is 0 Å². The molecule has 1 saturated heterocycles. The normalized spacial score (nSPS) is 17.0. The molecule has 0 amide bonds. The van der Waals surface area contributed by atoms with Crippen LogP contribution in [0, 0.1) is 0 Å². The number of nitrogens with zero attached hydrogens (tertiary/aromatic N) is 2. The molecule has 2 rings (SSSR count). The number of ether oxygens (including phenoxy) is 1. The summed E-state index contributed by atoms with van der Waals surface area (Å²) in [5.41, 5.74) is 2.61. The predicted octanol–water partition coefficient (Wildman–Crippen LogP) is 2.33. The SMILES string of the molecule is COCCNCc1ccc(N2CCCN(C)CC2)cc1Br. The first-order chi connectivity index (χ1) is 10.2. The van der Waals surface area contributed by atoms with Crippen LogP contribution in [0.1, 0.15) is 12.0 Å². The van der Waals surface area contributed by atoms with Gasteiger partial charge in [0, 0.05) is 50.0 Å². The van der Waals surface area contributed by atoms with Crippen LogP contribution in [0.25, 0.3) is 0 Å². The molecule has 0 bridgehead atoms. The van der Waals surface area contributed by atoms with E-state index in [9.17, 15) is 0 Å². The number of likely N-dealkylation sites (N-methyl/N-ethyl adjacent to an activating group) is 1. The molecule has 0 atom stereocenters. The summed E-state index contributed by atoms with van der Waals surface area (Å²) in [6, 6.07) is 6.70. The van der Waals surface area contributed by atoms with Gasteiger partial charge in [0.05, 0.1) is 6.61 Å². The third-order valence-corrected chi connectivity index (χ3v) is 4.66. The zero-order chi connectivity index (χ0) is 15.1. The minimum absolute atomic E-state index is 0.747. The second-order valence-corrected chi connectivity index (χ2v) is 6.44. The summed E-state index contributed by atoms with van der Waals surface area (Å²) in [7, 11) is 3.93. The van der Waals surface area contributed by atoms with Gasteiger partial charge in [0.15, 0.2) is 0 Å². The van der Waals surface area contributed by atoms with Gasteiger partial charge in [0.1, 0.15) is 0 Å². The van der Waals surface area contributed by atoms with Crippen molar-refractivity contribution in [2.24, 2.45) is 0 Å². The van der Waals surface area contributed by atoms with Gasteiger partial charge in [-0.3, -0.25) is 0 Å². The van der Waals surface area contributed by atoms with Crippen molar-refractivity contribution in [2.45, 2.75) is 13.0 Å². The number of rotatable bonds is 6. The van der Waals surface area contributed by atoms with Gasteiger partial charge >= 0.3 is 0 Å². The summed E-state index contributed by atoms with van der Waals surface area (Å²) in [6.07, 6.45) is 1.23. The lowest BCUT2D eigenvalue weighted by Crippen LogP contribution is -2.28. The van der Waals surface area contributed by atoms with E-state index in [0.717, 1.165) is 39.3 Å². The zero-order valence-electron chi connectivity index (χ0n) is 13.1. The molecular weight excluding hydrogens is 330 g/mol. The van der Waals surface area contributed by atoms with Gasteiger partial charge in [-0.25, -0.2) is 0 Å². The Kier molecular flexibility index (Phi) is 6.96. The molecule has 1 aliphatic rings. The minimum Gasteiger partial charge on any atom is -0.383 e. The second-order valence-electron chi connectivity index (χ2n) is 5.59. The van der Waals surface area contributed by atoms with E-state index in [-0.39, 0.29) is 0 Å². The van der Waals surface area contributed by atoms with E-state index >= 15 is 0 Å². The van der Waals surface area contributed by atoms with Crippen molar-refractivity contribution in [2.75, 3.05) is 58.4 Å². The second kappa shape index (κ2) is 8.73. The molecule has 0 spiro atoms. The molecule has 0 aliphatic carbocycles. The maximum Gasteiger partial charge on any atom is 0.0587 e. The van der Waals surface area contributed by atoms with Crippen molar-refractivity contribution < 1.29 is 4.74 Å². The number of hydrogen-bond acceptors (Lipinski definition) is 4. The fourth-order valence-electron chi connectivity index (χ4n) is 2.58. The van der Waals surface area contributed by atoms with Crippen molar-refractivity contribution in [3.63, 3.8) is 0 Å². The smallest absolute Gasteiger partial charge is 0.0587 e. The number of hydrogen-bond donors (Lipinski definition) is 1. The summed E-state index contributed by atoms with van der Waals surface area (Å²) in [4.78, 5) is 4.89. The summed E-state index contributed by atoms with van der Waals surface area (Å²) >= 11 is 3.71. The van der Waals surface area contributed by atoms with Crippen LogP contribution in [-0.2, 0) is 11.3 Å². The van der Waals surface area contributed by atoms with Crippen LogP contribution in [-0.4, -0.2) is 58.4 Å². The van der Waals surface area contributed by atoms with Crippen molar-refractivity contribution in [1.82, 2.24) is 10.2 Å². The quantitative estimate of drug-likeness (QED) is 0.792. The van der Waals surface area contributed by atoms with E-state index in [1.54, 1.807) is 7.11 Å². The van der Waals surface area contributed by atoms with Gasteiger partial charge in [0.2, 0.25) is 0 Å². The van der Waals surface area contributed by atoms with Crippen molar-refractivity contribution in [3.05, 3.63) is 28.2 Å². The predicted molar refractivity (Wildman–Crippen MR) is 92.1 cm³/mol. The number of methoxy groups -OCH3 is 1. The maximum absolute atomic E-state index is 5.04. The van der Waals surface area contributed by atoms with E-state index in [2.05, 4.69) is 56.3 Å². The van der Waals surface area contributed by atoms with Crippen LogP contribution >= 0.6 is 15.9 Å². The number of nitrogens with one attached hydrogen (secondary N) is 1. The molecule has 5 heteroatoms. The summed E-state index contributed by atoms with van der Waals surface area (Å²) in [5, 5.41) is 3.38. The first-order valence-electron chi connectivity index (χ1n) is 7.62. The van der Waals surface area contributed by atoms with Crippen LogP contribution in [0.4, 0.5) is 5.69 Å². The molecule has 21 heavy (non-hydrogen) atoms. The Labute approximate surface area is 136 Å². The Morgan fingerprint density at radius 1 is 1.24 bits per heavy atom. The fourth-order valence-corrected chi connectivity index (χ4v) is 3.09. The van der Waals surface area contributed by atoms with Gasteiger partial charge in [-0.15, -0.1) is 0 Å². The molecule has 1 aliphatic heterocycles. The molecule has 0 unspecified atom stereocenters. The third kappa shape index (κ3) is 5.25. The lowest BCUT2D eigenvalue weighted by Gasteiger charge is -2.23. The number of anilines is 1. The standard InChI is InChI=1S/C16H26BrN3O/c1-19-7-3-8-20(10-9-19)15-5-4-14(16(17)12-15)13-18-6-11-21-2/h4-5,12,18H,3,6-11,13H2,1-2H3. The molecule has 0 aromatic heterocycles. The number of benzene rings is 1. The molecule has 0 radical (unpaired) electrons. The molecule has 1 aromatic rings. The van der Waals surface area contributed by atoms with Gasteiger partial charge in [-0.2, -0.15) is 0 Å². The lowest BCUT2D eigenvalue weighted by atomic mass is 10.2. The highest BCUT2D eigenvalue weighted by Crippen LogP contribution is 2.25. The largest absolute Gasteiger partial charge is 0.383 e. The Balaban J connectivity index is 1.94. The molecule has 0 saturated carbocycles. The Morgan fingerprint density at radius 3 is 2.86 bits per heavy atom. The average molecular weight is 356 g/mol. The van der Waals surface area contributed by atoms with E-state index in [1.165, 1.54) is 28.7 Å². The van der Waals surface area contributed by atoms with Gasteiger partial charge in [-0.1, -0.05) is 22.0 Å². The highest BCUT2D eigenvalue weighted by atomic mass is 79.9.